The molecule has 0 aromatic heterocycles. The van der Waals surface area contributed by atoms with Gasteiger partial charge in [0.05, 0.1) is 0 Å². The van der Waals surface area contributed by atoms with Crippen molar-refractivity contribution in [3.05, 3.63) is 60.5 Å². The highest BCUT2D eigenvalue weighted by Gasteiger charge is 2.03. The Hall–Kier alpha value is -1.50. The lowest BCUT2D eigenvalue weighted by Crippen LogP contribution is -2.14. The van der Waals surface area contributed by atoms with E-state index >= 15 is 0 Å². The molecule has 0 amide bonds. The molecule has 0 saturated carbocycles. The van der Waals surface area contributed by atoms with Crippen molar-refractivity contribution in [2.75, 3.05) is 7.05 Å². The molecule has 0 bridgehead atoms. The highest BCUT2D eigenvalue weighted by atomic mass is 15.1. The second-order valence-corrected chi connectivity index (χ2v) is 6.15. The Morgan fingerprint density at radius 1 is 1.09 bits per heavy atom. The summed E-state index contributed by atoms with van der Waals surface area (Å²) in [6.45, 7) is 14.6. The summed E-state index contributed by atoms with van der Waals surface area (Å²) in [6.07, 6.45) is 20.4. The first kappa shape index (κ1) is 21.5. The van der Waals surface area contributed by atoms with Crippen molar-refractivity contribution < 1.29 is 0 Å². The molecule has 0 unspecified atom stereocenters. The standard InChI is InChI=1S/C22H37N/c1-7-10-12-13-14-18-22(9-3)19-15-17-21(5)23(6)20(4)16-11-8-2/h8-9,11,16,19H,3,5,7,10,12-15,17-18H2,1-2,4,6H3/b11-8-,20-16+,22-19+. The Kier molecular flexibility index (Phi) is 13.2. The molecule has 0 N–H and O–H groups in total. The minimum atomic E-state index is 0.991. The number of hydrogen-bond donors (Lipinski definition) is 0. The molecule has 1 heteroatoms. The summed E-state index contributed by atoms with van der Waals surface area (Å²) in [5.41, 5.74) is 3.76. The van der Waals surface area contributed by atoms with Gasteiger partial charge in [0.15, 0.2) is 0 Å². The average molecular weight is 316 g/mol. The number of nitrogens with zero attached hydrogens (tertiary/aromatic N) is 1. The van der Waals surface area contributed by atoms with Gasteiger partial charge in [0.25, 0.3) is 0 Å². The molecule has 0 aliphatic heterocycles. The van der Waals surface area contributed by atoms with Crippen LogP contribution in [0.3, 0.4) is 0 Å². The highest BCUT2D eigenvalue weighted by molar-refractivity contribution is 5.18. The van der Waals surface area contributed by atoms with Gasteiger partial charge in [-0.3, -0.25) is 0 Å². The third-order valence-corrected chi connectivity index (χ3v) is 4.20. The fourth-order valence-corrected chi connectivity index (χ4v) is 2.41. The molecule has 0 aliphatic carbocycles. The van der Waals surface area contributed by atoms with Gasteiger partial charge < -0.3 is 4.90 Å². The van der Waals surface area contributed by atoms with Crippen LogP contribution in [0.4, 0.5) is 0 Å². The van der Waals surface area contributed by atoms with E-state index < -0.39 is 0 Å². The summed E-state index contributed by atoms with van der Waals surface area (Å²) in [5.74, 6) is 0. The van der Waals surface area contributed by atoms with Crippen LogP contribution in [0.2, 0.25) is 0 Å². The number of allylic oxidation sites excluding steroid dienone is 8. The normalized spacial score (nSPS) is 12.7. The first-order valence-electron chi connectivity index (χ1n) is 9.09. The Bertz CT molecular complexity index is 423. The van der Waals surface area contributed by atoms with Crippen LogP contribution in [0.25, 0.3) is 0 Å². The van der Waals surface area contributed by atoms with E-state index in [4.69, 9.17) is 0 Å². The number of hydrogen-bond acceptors (Lipinski definition) is 1. The van der Waals surface area contributed by atoms with Crippen molar-refractivity contribution in [1.29, 1.82) is 0 Å². The van der Waals surface area contributed by atoms with Crippen molar-refractivity contribution in [1.82, 2.24) is 4.90 Å². The Labute approximate surface area is 145 Å². The number of rotatable bonds is 13. The van der Waals surface area contributed by atoms with E-state index in [0.717, 1.165) is 25.0 Å². The summed E-state index contributed by atoms with van der Waals surface area (Å²) in [5, 5.41) is 0. The van der Waals surface area contributed by atoms with E-state index in [1.54, 1.807) is 0 Å². The van der Waals surface area contributed by atoms with Crippen LogP contribution >= 0.6 is 0 Å². The predicted octanol–water partition coefficient (Wildman–Crippen LogP) is 7.16. The van der Waals surface area contributed by atoms with Gasteiger partial charge >= 0.3 is 0 Å². The van der Waals surface area contributed by atoms with Crippen molar-refractivity contribution in [3.8, 4) is 0 Å². The largest absolute Gasteiger partial charge is 0.352 e. The maximum absolute atomic E-state index is 4.21. The van der Waals surface area contributed by atoms with Crippen LogP contribution in [0.1, 0.15) is 72.1 Å². The average Bonchev–Trinajstić information content (AvgIpc) is 2.56. The zero-order chi connectivity index (χ0) is 17.5. The van der Waals surface area contributed by atoms with Crippen LogP contribution in [0.15, 0.2) is 60.5 Å². The topological polar surface area (TPSA) is 3.24 Å². The Morgan fingerprint density at radius 3 is 2.39 bits per heavy atom. The molecule has 1 nitrogen and oxygen atoms in total. The van der Waals surface area contributed by atoms with Crippen molar-refractivity contribution >= 4 is 0 Å². The zero-order valence-electron chi connectivity index (χ0n) is 15.9. The summed E-state index contributed by atoms with van der Waals surface area (Å²) in [6, 6.07) is 0. The summed E-state index contributed by atoms with van der Waals surface area (Å²) >= 11 is 0. The third-order valence-electron chi connectivity index (χ3n) is 4.20. The monoisotopic (exact) mass is 315 g/mol. The fourth-order valence-electron chi connectivity index (χ4n) is 2.41. The lowest BCUT2D eigenvalue weighted by atomic mass is 10.0. The predicted molar refractivity (Wildman–Crippen MR) is 106 cm³/mol. The lowest BCUT2D eigenvalue weighted by molar-refractivity contribution is 0.498. The van der Waals surface area contributed by atoms with Gasteiger partial charge in [-0.25, -0.2) is 0 Å². The molecule has 0 rings (SSSR count). The summed E-state index contributed by atoms with van der Waals surface area (Å²) in [4.78, 5) is 2.17. The molecule has 0 atom stereocenters. The molecule has 0 aromatic carbocycles. The first-order chi connectivity index (χ1) is 11.1. The van der Waals surface area contributed by atoms with E-state index in [0.29, 0.717) is 0 Å². The van der Waals surface area contributed by atoms with Gasteiger partial charge in [-0.1, -0.05) is 75.6 Å². The van der Waals surface area contributed by atoms with Crippen LogP contribution in [0.5, 0.6) is 0 Å². The fraction of sp³-hybridized carbons (Fsp3) is 0.545. The molecule has 0 radical (unpaired) electrons. The van der Waals surface area contributed by atoms with Crippen LogP contribution in [-0.2, 0) is 0 Å². The maximum Gasteiger partial charge on any atom is 0.0142 e. The van der Waals surface area contributed by atoms with Gasteiger partial charge in [0, 0.05) is 18.4 Å². The molecular formula is C22H37N. The van der Waals surface area contributed by atoms with E-state index in [-0.39, 0.29) is 0 Å². The smallest absolute Gasteiger partial charge is 0.0142 e. The molecule has 0 aromatic rings. The molecule has 0 saturated heterocycles. The number of unbranched alkanes of at least 4 members (excludes halogenated alkanes) is 4. The van der Waals surface area contributed by atoms with Gasteiger partial charge in [-0.15, -0.1) is 0 Å². The SMILES string of the molecule is C=C/C(=C\CCC(=C)N(C)/C(C)=C/C=C\C)CCCCCCC. The zero-order valence-corrected chi connectivity index (χ0v) is 15.9. The lowest BCUT2D eigenvalue weighted by Gasteiger charge is -2.22. The molecule has 0 fully saturated rings. The van der Waals surface area contributed by atoms with Crippen molar-refractivity contribution in [2.45, 2.75) is 72.1 Å². The van der Waals surface area contributed by atoms with E-state index in [1.807, 2.05) is 19.1 Å². The maximum atomic E-state index is 4.21. The molecule has 0 aliphatic rings. The van der Waals surface area contributed by atoms with Gasteiger partial charge in [-0.05, 0) is 45.6 Å². The second-order valence-electron chi connectivity index (χ2n) is 6.15. The summed E-state index contributed by atoms with van der Waals surface area (Å²) < 4.78 is 0. The van der Waals surface area contributed by atoms with Gasteiger partial charge in [0.2, 0.25) is 0 Å². The summed E-state index contributed by atoms with van der Waals surface area (Å²) in [7, 11) is 2.09. The van der Waals surface area contributed by atoms with Crippen molar-refractivity contribution in [2.24, 2.45) is 0 Å². The molecule has 0 spiro atoms. The first-order valence-corrected chi connectivity index (χ1v) is 9.09. The van der Waals surface area contributed by atoms with Crippen LogP contribution in [0, 0.1) is 0 Å². The van der Waals surface area contributed by atoms with Gasteiger partial charge in [0.1, 0.15) is 0 Å². The third kappa shape index (κ3) is 10.8. The molecule has 23 heavy (non-hydrogen) atoms. The molecule has 0 heterocycles. The van der Waals surface area contributed by atoms with E-state index in [2.05, 4.69) is 57.2 Å². The Balaban J connectivity index is 4.20. The van der Waals surface area contributed by atoms with Crippen molar-refractivity contribution in [3.63, 3.8) is 0 Å². The molecule has 130 valence electrons. The van der Waals surface area contributed by atoms with Crippen LogP contribution in [-0.4, -0.2) is 11.9 Å². The Morgan fingerprint density at radius 2 is 1.78 bits per heavy atom. The van der Waals surface area contributed by atoms with Crippen LogP contribution < -0.4 is 0 Å². The van der Waals surface area contributed by atoms with E-state index in [9.17, 15) is 0 Å². The minimum Gasteiger partial charge on any atom is -0.352 e. The minimum absolute atomic E-state index is 0.991. The molecular weight excluding hydrogens is 278 g/mol. The van der Waals surface area contributed by atoms with E-state index in [1.165, 1.54) is 43.4 Å². The van der Waals surface area contributed by atoms with Gasteiger partial charge in [-0.2, -0.15) is 0 Å². The quantitative estimate of drug-likeness (QED) is 0.257. The highest BCUT2D eigenvalue weighted by Crippen LogP contribution is 2.17. The second kappa shape index (κ2) is 14.1.